The van der Waals surface area contributed by atoms with Gasteiger partial charge in [0.1, 0.15) is 11.3 Å². The Kier molecular flexibility index (Phi) is 3.82. The Morgan fingerprint density at radius 1 is 0.880 bits per heavy atom. The highest BCUT2D eigenvalue weighted by Crippen LogP contribution is 2.27. The summed E-state index contributed by atoms with van der Waals surface area (Å²) in [5.41, 5.74) is 2.15. The van der Waals surface area contributed by atoms with Crippen LogP contribution < -0.4 is 10.4 Å². The predicted octanol–water partition coefficient (Wildman–Crippen LogP) is 5.13. The van der Waals surface area contributed by atoms with E-state index in [9.17, 15) is 4.79 Å². The third-order valence-corrected chi connectivity index (χ3v) is 4.24. The molecule has 0 spiro atoms. The first-order valence-electron chi connectivity index (χ1n) is 8.02. The maximum atomic E-state index is 12.0. The molecule has 0 saturated carbocycles. The van der Waals surface area contributed by atoms with Gasteiger partial charge in [0.2, 0.25) is 0 Å². The summed E-state index contributed by atoms with van der Waals surface area (Å²) < 4.78 is 10.7. The standard InChI is InChI=1S/C22H16O3/c1-24-18-11-7-15(8-12-18)6-9-17-14-21(23)25-22-19-5-3-2-4-16(19)10-13-20(17)22/h2-14H,1H3. The molecule has 0 saturated heterocycles. The summed E-state index contributed by atoms with van der Waals surface area (Å²) in [6.45, 7) is 0. The SMILES string of the molecule is COc1ccc(C=Cc2cc(=O)oc3c2ccc2ccccc23)cc1. The van der Waals surface area contributed by atoms with Gasteiger partial charge in [0.05, 0.1) is 7.11 Å². The molecule has 25 heavy (non-hydrogen) atoms. The monoisotopic (exact) mass is 328 g/mol. The van der Waals surface area contributed by atoms with E-state index in [-0.39, 0.29) is 5.63 Å². The van der Waals surface area contributed by atoms with E-state index in [1.165, 1.54) is 6.07 Å². The van der Waals surface area contributed by atoms with E-state index in [0.29, 0.717) is 5.58 Å². The van der Waals surface area contributed by atoms with Crippen molar-refractivity contribution in [3.63, 3.8) is 0 Å². The van der Waals surface area contributed by atoms with Gasteiger partial charge in [-0.2, -0.15) is 0 Å². The third kappa shape index (κ3) is 2.92. The van der Waals surface area contributed by atoms with Crippen molar-refractivity contribution in [1.29, 1.82) is 0 Å². The lowest BCUT2D eigenvalue weighted by atomic mass is 10.0. The van der Waals surface area contributed by atoms with E-state index in [1.807, 2.05) is 72.8 Å². The number of benzene rings is 3. The van der Waals surface area contributed by atoms with Gasteiger partial charge in [-0.1, -0.05) is 54.6 Å². The van der Waals surface area contributed by atoms with Crippen molar-refractivity contribution in [2.24, 2.45) is 0 Å². The summed E-state index contributed by atoms with van der Waals surface area (Å²) in [7, 11) is 1.64. The fraction of sp³-hybridized carbons (Fsp3) is 0.0455. The summed E-state index contributed by atoms with van der Waals surface area (Å²) in [5.74, 6) is 0.814. The molecule has 0 unspecified atom stereocenters. The minimum atomic E-state index is -0.349. The van der Waals surface area contributed by atoms with Crippen molar-refractivity contribution < 1.29 is 9.15 Å². The average Bonchev–Trinajstić information content (AvgIpc) is 2.66. The van der Waals surface area contributed by atoms with Gasteiger partial charge < -0.3 is 9.15 Å². The van der Waals surface area contributed by atoms with Crippen LogP contribution in [0, 0.1) is 0 Å². The van der Waals surface area contributed by atoms with E-state index in [1.54, 1.807) is 7.11 Å². The van der Waals surface area contributed by atoms with Gasteiger partial charge in [-0.25, -0.2) is 4.79 Å². The second-order valence-corrected chi connectivity index (χ2v) is 5.79. The Morgan fingerprint density at radius 3 is 2.48 bits per heavy atom. The highest BCUT2D eigenvalue weighted by Gasteiger charge is 2.07. The van der Waals surface area contributed by atoms with Crippen LogP contribution in [0.3, 0.4) is 0 Å². The Labute approximate surface area is 144 Å². The summed E-state index contributed by atoms with van der Waals surface area (Å²) in [5, 5.41) is 2.91. The number of rotatable bonds is 3. The molecule has 1 aromatic heterocycles. The van der Waals surface area contributed by atoms with Gasteiger partial charge in [0.25, 0.3) is 0 Å². The minimum absolute atomic E-state index is 0.349. The minimum Gasteiger partial charge on any atom is -0.497 e. The number of fused-ring (bicyclic) bond motifs is 3. The lowest BCUT2D eigenvalue weighted by Crippen LogP contribution is -1.98. The van der Waals surface area contributed by atoms with Crippen LogP contribution in [0.2, 0.25) is 0 Å². The molecule has 0 aliphatic heterocycles. The summed E-state index contributed by atoms with van der Waals surface area (Å²) in [6, 6.07) is 21.2. The van der Waals surface area contributed by atoms with Crippen LogP contribution in [0.4, 0.5) is 0 Å². The van der Waals surface area contributed by atoms with Crippen LogP contribution in [-0.4, -0.2) is 7.11 Å². The van der Waals surface area contributed by atoms with Crippen molar-refractivity contribution >= 4 is 33.9 Å². The van der Waals surface area contributed by atoms with Crippen molar-refractivity contribution in [1.82, 2.24) is 0 Å². The first-order chi connectivity index (χ1) is 12.2. The fourth-order valence-corrected chi connectivity index (χ4v) is 2.95. The first-order valence-corrected chi connectivity index (χ1v) is 8.02. The second kappa shape index (κ2) is 6.29. The first kappa shape index (κ1) is 15.2. The van der Waals surface area contributed by atoms with Crippen LogP contribution in [0.15, 0.2) is 75.9 Å². The molecule has 0 atom stereocenters. The maximum Gasteiger partial charge on any atom is 0.336 e. The molecule has 3 heteroatoms. The van der Waals surface area contributed by atoms with Gasteiger partial charge >= 0.3 is 5.63 Å². The molecular formula is C22H16O3. The molecule has 4 aromatic rings. The van der Waals surface area contributed by atoms with Gasteiger partial charge in [-0.3, -0.25) is 0 Å². The molecule has 0 radical (unpaired) electrons. The Hall–Kier alpha value is -3.33. The van der Waals surface area contributed by atoms with Gasteiger partial charge in [-0.15, -0.1) is 0 Å². The zero-order chi connectivity index (χ0) is 17.2. The van der Waals surface area contributed by atoms with Crippen molar-refractivity contribution in [3.8, 4) is 5.75 Å². The smallest absolute Gasteiger partial charge is 0.336 e. The molecule has 122 valence electrons. The van der Waals surface area contributed by atoms with E-state index >= 15 is 0 Å². The molecule has 0 aliphatic carbocycles. The fourth-order valence-electron chi connectivity index (χ4n) is 2.95. The lowest BCUT2D eigenvalue weighted by Gasteiger charge is -2.05. The average molecular weight is 328 g/mol. The van der Waals surface area contributed by atoms with E-state index in [2.05, 4.69) is 0 Å². The second-order valence-electron chi connectivity index (χ2n) is 5.79. The van der Waals surface area contributed by atoms with Crippen LogP contribution in [0.5, 0.6) is 5.75 Å². The molecule has 3 aromatic carbocycles. The quantitative estimate of drug-likeness (QED) is 0.387. The van der Waals surface area contributed by atoms with E-state index < -0.39 is 0 Å². The normalized spacial score (nSPS) is 11.4. The number of hydrogen-bond donors (Lipinski definition) is 0. The van der Waals surface area contributed by atoms with Crippen molar-refractivity contribution in [2.75, 3.05) is 7.11 Å². The largest absolute Gasteiger partial charge is 0.497 e. The van der Waals surface area contributed by atoms with E-state index in [4.69, 9.17) is 9.15 Å². The molecule has 1 heterocycles. The number of ether oxygens (including phenoxy) is 1. The predicted molar refractivity (Wildman–Crippen MR) is 102 cm³/mol. The number of hydrogen-bond acceptors (Lipinski definition) is 3. The topological polar surface area (TPSA) is 39.4 Å². The zero-order valence-electron chi connectivity index (χ0n) is 13.7. The maximum absolute atomic E-state index is 12.0. The van der Waals surface area contributed by atoms with E-state index in [0.717, 1.165) is 33.0 Å². The third-order valence-electron chi connectivity index (χ3n) is 4.24. The zero-order valence-corrected chi connectivity index (χ0v) is 13.7. The van der Waals surface area contributed by atoms with Gasteiger partial charge in [-0.05, 0) is 34.7 Å². The molecule has 4 rings (SSSR count). The molecule has 3 nitrogen and oxygen atoms in total. The molecule has 0 N–H and O–H groups in total. The van der Waals surface area contributed by atoms with Gasteiger partial charge in [0, 0.05) is 16.8 Å². The Morgan fingerprint density at radius 2 is 1.68 bits per heavy atom. The molecule has 0 fully saturated rings. The highest BCUT2D eigenvalue weighted by molar-refractivity contribution is 6.06. The summed E-state index contributed by atoms with van der Waals surface area (Å²) in [4.78, 5) is 12.0. The van der Waals surface area contributed by atoms with Crippen molar-refractivity contribution in [2.45, 2.75) is 0 Å². The van der Waals surface area contributed by atoms with Crippen LogP contribution in [-0.2, 0) is 0 Å². The van der Waals surface area contributed by atoms with Crippen LogP contribution in [0.1, 0.15) is 11.1 Å². The Balaban J connectivity index is 1.84. The molecule has 0 bridgehead atoms. The summed E-state index contributed by atoms with van der Waals surface area (Å²) >= 11 is 0. The molecule has 0 aliphatic rings. The lowest BCUT2D eigenvalue weighted by molar-refractivity contribution is 0.415. The Bertz CT molecular complexity index is 1140. The highest BCUT2D eigenvalue weighted by atomic mass is 16.5. The van der Waals surface area contributed by atoms with Gasteiger partial charge in [0.15, 0.2) is 0 Å². The van der Waals surface area contributed by atoms with Crippen LogP contribution >= 0.6 is 0 Å². The molecular weight excluding hydrogens is 312 g/mol. The summed E-state index contributed by atoms with van der Waals surface area (Å²) in [6.07, 6.45) is 3.92. The van der Waals surface area contributed by atoms with Crippen molar-refractivity contribution in [3.05, 3.63) is 88.3 Å². The van der Waals surface area contributed by atoms with Crippen LogP contribution in [0.25, 0.3) is 33.9 Å². The number of methoxy groups -OCH3 is 1. The molecule has 0 amide bonds.